The number of aryl methyl sites for hydroxylation is 1. The zero-order valence-corrected chi connectivity index (χ0v) is 16.8. The molecule has 0 atom stereocenters. The number of amides is 1. The van der Waals surface area contributed by atoms with Crippen molar-refractivity contribution in [3.05, 3.63) is 71.0 Å². The van der Waals surface area contributed by atoms with E-state index in [1.54, 1.807) is 16.6 Å². The van der Waals surface area contributed by atoms with Crippen molar-refractivity contribution in [1.29, 1.82) is 0 Å². The summed E-state index contributed by atoms with van der Waals surface area (Å²) in [5.41, 5.74) is 3.95. The summed E-state index contributed by atoms with van der Waals surface area (Å²) in [5, 5.41) is 13.3. The SMILES string of the molecule is Cc1cccc2cc(CN(C(=O)c3cccc(F)c3)C3CCCC3)c3nnnn3c12. The van der Waals surface area contributed by atoms with Crippen molar-refractivity contribution in [3.63, 3.8) is 0 Å². The Morgan fingerprint density at radius 1 is 1.17 bits per heavy atom. The maximum Gasteiger partial charge on any atom is 0.254 e. The van der Waals surface area contributed by atoms with Crippen LogP contribution >= 0.6 is 0 Å². The molecule has 0 aliphatic heterocycles. The van der Waals surface area contributed by atoms with Crippen LogP contribution in [0.25, 0.3) is 16.6 Å². The molecule has 4 aromatic rings. The summed E-state index contributed by atoms with van der Waals surface area (Å²) >= 11 is 0. The van der Waals surface area contributed by atoms with Crippen LogP contribution in [-0.4, -0.2) is 36.9 Å². The molecule has 6 nitrogen and oxygen atoms in total. The number of pyridine rings is 1. The smallest absolute Gasteiger partial charge is 0.254 e. The zero-order valence-electron chi connectivity index (χ0n) is 16.8. The third kappa shape index (κ3) is 3.20. The van der Waals surface area contributed by atoms with E-state index in [0.29, 0.717) is 17.8 Å². The summed E-state index contributed by atoms with van der Waals surface area (Å²) in [4.78, 5) is 15.2. The van der Waals surface area contributed by atoms with Gasteiger partial charge in [0.1, 0.15) is 5.82 Å². The summed E-state index contributed by atoms with van der Waals surface area (Å²) in [6, 6.07) is 14.2. The molecule has 30 heavy (non-hydrogen) atoms. The number of aromatic nitrogens is 4. The molecule has 0 bridgehead atoms. The lowest BCUT2D eigenvalue weighted by molar-refractivity contribution is 0.0664. The number of benzene rings is 2. The van der Waals surface area contributed by atoms with Gasteiger partial charge in [-0.1, -0.05) is 37.1 Å². The molecule has 1 aliphatic rings. The fourth-order valence-corrected chi connectivity index (χ4v) is 4.55. The molecule has 0 radical (unpaired) electrons. The lowest BCUT2D eigenvalue weighted by Gasteiger charge is -2.29. The van der Waals surface area contributed by atoms with E-state index in [1.165, 1.54) is 12.1 Å². The van der Waals surface area contributed by atoms with Gasteiger partial charge in [-0.05, 0) is 60.0 Å². The van der Waals surface area contributed by atoms with E-state index in [4.69, 9.17) is 0 Å². The molecule has 2 heterocycles. The number of para-hydroxylation sites is 1. The first-order chi connectivity index (χ1) is 14.6. The Bertz CT molecular complexity index is 1250. The number of hydrogen-bond acceptors (Lipinski definition) is 4. The maximum absolute atomic E-state index is 13.8. The summed E-state index contributed by atoms with van der Waals surface area (Å²) in [6.07, 6.45) is 4.09. The van der Waals surface area contributed by atoms with Gasteiger partial charge in [-0.15, -0.1) is 5.10 Å². The summed E-state index contributed by atoms with van der Waals surface area (Å²) in [7, 11) is 0. The number of carbonyl (C=O) groups is 1. The number of nitrogens with zero attached hydrogens (tertiary/aromatic N) is 5. The molecule has 0 unspecified atom stereocenters. The van der Waals surface area contributed by atoms with Gasteiger partial charge in [-0.2, -0.15) is 4.52 Å². The second-order valence-electron chi connectivity index (χ2n) is 7.98. The minimum Gasteiger partial charge on any atom is -0.331 e. The predicted molar refractivity (Wildman–Crippen MR) is 112 cm³/mol. The molecule has 0 N–H and O–H groups in total. The molecule has 2 aromatic heterocycles. The molecule has 5 rings (SSSR count). The topological polar surface area (TPSA) is 63.4 Å². The lowest BCUT2D eigenvalue weighted by Crippen LogP contribution is -2.38. The Balaban J connectivity index is 1.60. The number of carbonyl (C=O) groups excluding carboxylic acids is 1. The highest BCUT2D eigenvalue weighted by Crippen LogP contribution is 2.29. The van der Waals surface area contributed by atoms with Crippen molar-refractivity contribution in [2.24, 2.45) is 0 Å². The molecule has 0 spiro atoms. The molecule has 7 heteroatoms. The van der Waals surface area contributed by atoms with Gasteiger partial charge in [0.25, 0.3) is 5.91 Å². The minimum atomic E-state index is -0.405. The van der Waals surface area contributed by atoms with Gasteiger partial charge in [0, 0.05) is 22.6 Å². The van der Waals surface area contributed by atoms with Crippen LogP contribution in [0.15, 0.2) is 48.5 Å². The molecule has 1 amide bonds. The van der Waals surface area contributed by atoms with E-state index in [0.717, 1.165) is 47.7 Å². The van der Waals surface area contributed by atoms with Crippen molar-refractivity contribution in [2.45, 2.75) is 45.2 Å². The van der Waals surface area contributed by atoms with Gasteiger partial charge in [-0.25, -0.2) is 4.39 Å². The fraction of sp³-hybridized carbons (Fsp3) is 0.304. The number of fused-ring (bicyclic) bond motifs is 3. The first-order valence-corrected chi connectivity index (χ1v) is 10.3. The average molecular weight is 403 g/mol. The number of halogens is 1. The predicted octanol–water partition coefficient (Wildman–Crippen LogP) is 4.31. The average Bonchev–Trinajstić information content (AvgIpc) is 3.43. The standard InChI is InChI=1S/C23H22FN5O/c1-15-6-4-7-16-12-18(22-25-26-27-29(22)21(15)16)14-28(20-10-2-3-11-20)23(30)17-8-5-9-19(24)13-17/h4-9,12-13,20H,2-3,10-11,14H2,1H3. The van der Waals surface area contributed by atoms with E-state index in [-0.39, 0.29) is 11.9 Å². The molecule has 1 fully saturated rings. The van der Waals surface area contributed by atoms with Crippen LogP contribution in [0.1, 0.15) is 47.2 Å². The lowest BCUT2D eigenvalue weighted by atomic mass is 10.1. The normalized spacial score (nSPS) is 14.6. The summed E-state index contributed by atoms with van der Waals surface area (Å²) < 4.78 is 15.5. The van der Waals surface area contributed by atoms with Crippen molar-refractivity contribution in [2.75, 3.05) is 0 Å². The monoisotopic (exact) mass is 403 g/mol. The van der Waals surface area contributed by atoms with Crippen molar-refractivity contribution in [1.82, 2.24) is 24.9 Å². The van der Waals surface area contributed by atoms with E-state index in [9.17, 15) is 9.18 Å². The van der Waals surface area contributed by atoms with E-state index >= 15 is 0 Å². The second-order valence-corrected chi connectivity index (χ2v) is 7.98. The molecular formula is C23H22FN5O. The molecule has 1 saturated carbocycles. The molecular weight excluding hydrogens is 381 g/mol. The van der Waals surface area contributed by atoms with Crippen LogP contribution < -0.4 is 0 Å². The van der Waals surface area contributed by atoms with E-state index in [2.05, 4.69) is 21.6 Å². The highest BCUT2D eigenvalue weighted by atomic mass is 19.1. The third-order valence-electron chi connectivity index (χ3n) is 6.01. The Hall–Kier alpha value is -3.35. The Kier molecular flexibility index (Phi) is 4.65. The van der Waals surface area contributed by atoms with Gasteiger partial charge in [0.15, 0.2) is 5.65 Å². The number of hydrogen-bond donors (Lipinski definition) is 0. The highest BCUT2D eigenvalue weighted by Gasteiger charge is 2.29. The van der Waals surface area contributed by atoms with Crippen molar-refractivity contribution >= 4 is 22.5 Å². The third-order valence-corrected chi connectivity index (χ3v) is 6.01. The second kappa shape index (κ2) is 7.48. The Labute approximate surface area is 173 Å². The van der Waals surface area contributed by atoms with Gasteiger partial charge in [-0.3, -0.25) is 4.79 Å². The van der Waals surface area contributed by atoms with Crippen LogP contribution in [0.5, 0.6) is 0 Å². The van der Waals surface area contributed by atoms with Gasteiger partial charge >= 0.3 is 0 Å². The van der Waals surface area contributed by atoms with Crippen LogP contribution in [0, 0.1) is 12.7 Å². The first-order valence-electron chi connectivity index (χ1n) is 10.3. The van der Waals surface area contributed by atoms with Crippen molar-refractivity contribution in [3.8, 4) is 0 Å². The summed E-state index contributed by atoms with van der Waals surface area (Å²) in [5.74, 6) is -0.561. The van der Waals surface area contributed by atoms with Gasteiger partial charge in [0.2, 0.25) is 0 Å². The van der Waals surface area contributed by atoms with Gasteiger partial charge in [0.05, 0.1) is 12.1 Å². The first kappa shape index (κ1) is 18.7. The van der Waals surface area contributed by atoms with Crippen molar-refractivity contribution < 1.29 is 9.18 Å². The van der Waals surface area contributed by atoms with Crippen LogP contribution in [0.3, 0.4) is 0 Å². The quantitative estimate of drug-likeness (QED) is 0.509. The van der Waals surface area contributed by atoms with E-state index in [1.807, 2.05) is 30.0 Å². The molecule has 2 aromatic carbocycles. The maximum atomic E-state index is 13.8. The molecule has 1 aliphatic carbocycles. The van der Waals surface area contributed by atoms with Crippen LogP contribution in [0.4, 0.5) is 4.39 Å². The number of tetrazole rings is 1. The minimum absolute atomic E-state index is 0.130. The highest BCUT2D eigenvalue weighted by molar-refractivity contribution is 5.94. The van der Waals surface area contributed by atoms with E-state index < -0.39 is 5.82 Å². The largest absolute Gasteiger partial charge is 0.331 e. The Morgan fingerprint density at radius 3 is 2.77 bits per heavy atom. The number of rotatable bonds is 4. The van der Waals surface area contributed by atoms with Gasteiger partial charge < -0.3 is 4.90 Å². The summed E-state index contributed by atoms with van der Waals surface area (Å²) in [6.45, 7) is 2.41. The van der Waals surface area contributed by atoms with Crippen LogP contribution in [0.2, 0.25) is 0 Å². The molecule has 152 valence electrons. The Morgan fingerprint density at radius 2 is 1.97 bits per heavy atom. The molecule has 0 saturated heterocycles. The fourth-order valence-electron chi connectivity index (χ4n) is 4.55. The van der Waals surface area contributed by atoms with Crippen LogP contribution in [-0.2, 0) is 6.54 Å². The zero-order chi connectivity index (χ0) is 20.7.